The number of aryl methyl sites for hydroxylation is 2. The number of nitrogens with one attached hydrogen (secondary N) is 2. The van der Waals surface area contributed by atoms with Crippen LogP contribution < -0.4 is 25.6 Å². The van der Waals surface area contributed by atoms with E-state index in [1.807, 2.05) is 26.2 Å². The van der Waals surface area contributed by atoms with E-state index in [9.17, 15) is 8.78 Å². The van der Waals surface area contributed by atoms with Gasteiger partial charge in [-0.2, -0.15) is 0 Å². The van der Waals surface area contributed by atoms with E-state index in [0.717, 1.165) is 86.0 Å². The van der Waals surface area contributed by atoms with Gasteiger partial charge in [-0.15, -0.1) is 20.4 Å². The van der Waals surface area contributed by atoms with E-state index in [1.54, 1.807) is 46.0 Å². The number of benzene rings is 2. The Kier molecular flexibility index (Phi) is 19.4. The fourth-order valence-electron chi connectivity index (χ4n) is 9.19. The molecule has 0 spiro atoms. The molecule has 2 N–H and O–H groups in total. The maximum atomic E-state index is 14.5. The minimum atomic E-state index is -0.630. The minimum absolute atomic E-state index is 0. The van der Waals surface area contributed by atoms with Crippen molar-refractivity contribution in [1.82, 2.24) is 59.1 Å². The molecule has 30 heteroatoms. The van der Waals surface area contributed by atoms with Crippen molar-refractivity contribution in [3.8, 4) is 22.6 Å². The maximum absolute atomic E-state index is 14.5. The molecule has 8 aromatic rings. The van der Waals surface area contributed by atoms with E-state index < -0.39 is 19.2 Å². The SMILES string of the molecule is C.C.Cc1nc(C2CC2)ncc1-c1cnc(NCc2c(F)ccc3c2CCO3)n2cnnc12.Cc1nc(C2CC2)ncc1B1OC(C)(C)C(C)(C)O1.Fc1ccc2c(c1CNc1ncc(Br)c3nncn13)CCO2.[B]B([B])B([B])B([B])[B]. The van der Waals surface area contributed by atoms with E-state index in [-0.39, 0.29) is 51.4 Å². The zero-order valence-corrected chi connectivity index (χ0v) is 46.9. The third kappa shape index (κ3) is 13.4. The van der Waals surface area contributed by atoms with Gasteiger partial charge in [0, 0.05) is 171 Å². The quantitative estimate of drug-likeness (QED) is 0.131. The van der Waals surface area contributed by atoms with Gasteiger partial charge in [-0.25, -0.2) is 38.7 Å². The first-order valence-electron chi connectivity index (χ1n) is 26.5. The predicted octanol–water partition coefficient (Wildman–Crippen LogP) is 6.21. The molecule has 2 aromatic carbocycles. The Hall–Kier alpha value is -6.26. The summed E-state index contributed by atoms with van der Waals surface area (Å²) in [6.07, 6.45) is 14.7. The van der Waals surface area contributed by atoms with Crippen LogP contribution in [0, 0.1) is 25.5 Å². The Morgan fingerprint density at radius 1 is 0.646 bits per heavy atom. The molecule has 0 bridgehead atoms. The number of hydrogen-bond donors (Lipinski definition) is 2. The van der Waals surface area contributed by atoms with Gasteiger partial charge in [0.25, 0.3) is 0 Å². The van der Waals surface area contributed by atoms with Crippen LogP contribution in [-0.4, -0.2) is 148 Å². The molecule has 2 aliphatic carbocycles. The molecule has 13 rings (SSSR count). The molecule has 1 saturated heterocycles. The number of ether oxygens (including phenoxy) is 2. The first-order chi connectivity index (χ1) is 38.3. The van der Waals surface area contributed by atoms with E-state index in [4.69, 9.17) is 57.5 Å². The largest absolute Gasteiger partial charge is 0.498 e. The second-order valence-electron chi connectivity index (χ2n) is 21.2. The van der Waals surface area contributed by atoms with Gasteiger partial charge >= 0.3 is 7.12 Å². The molecule has 3 fully saturated rings. The topological polar surface area (TPSA) is 199 Å². The Bertz CT molecular complexity index is 3540. The van der Waals surface area contributed by atoms with Crippen LogP contribution in [0.3, 0.4) is 0 Å². The lowest BCUT2D eigenvalue weighted by molar-refractivity contribution is 0.00578. The molecule has 5 aliphatic rings. The van der Waals surface area contributed by atoms with Gasteiger partial charge in [0.2, 0.25) is 11.9 Å². The van der Waals surface area contributed by atoms with Crippen LogP contribution in [0.1, 0.15) is 125 Å². The Balaban J connectivity index is 0.000000153. The van der Waals surface area contributed by atoms with Crippen molar-refractivity contribution in [1.29, 1.82) is 0 Å². The van der Waals surface area contributed by atoms with E-state index in [2.05, 4.69) is 105 Å². The first-order valence-corrected chi connectivity index (χ1v) is 27.3. The number of aromatic nitrogens is 12. The summed E-state index contributed by atoms with van der Waals surface area (Å²) in [4.78, 5) is 27.2. The summed E-state index contributed by atoms with van der Waals surface area (Å²) in [6, 6.07) is 6.24. The Morgan fingerprint density at radius 3 is 1.59 bits per heavy atom. The van der Waals surface area contributed by atoms with Crippen molar-refractivity contribution in [2.45, 2.75) is 131 Å². The van der Waals surface area contributed by atoms with Crippen LogP contribution >= 0.6 is 15.9 Å². The van der Waals surface area contributed by atoms with Gasteiger partial charge in [-0.05, 0) is 107 Å². The highest BCUT2D eigenvalue weighted by molar-refractivity contribution is 9.10. The van der Waals surface area contributed by atoms with Gasteiger partial charge in [-0.1, -0.05) is 14.9 Å². The molecule has 0 unspecified atom stereocenters. The molecular formula is C52H60B9BrF2N14O4. The summed E-state index contributed by atoms with van der Waals surface area (Å²) in [5.41, 5.74) is 8.20. The van der Waals surface area contributed by atoms with Crippen molar-refractivity contribution in [3.05, 3.63) is 123 Å². The number of nitrogens with zero attached hydrogens (tertiary/aromatic N) is 12. The highest BCUT2D eigenvalue weighted by Crippen LogP contribution is 2.41. The summed E-state index contributed by atoms with van der Waals surface area (Å²) >= 11 is 3.37. The van der Waals surface area contributed by atoms with Gasteiger partial charge < -0.3 is 29.4 Å². The predicted molar refractivity (Wildman–Crippen MR) is 327 cm³/mol. The zero-order valence-electron chi connectivity index (χ0n) is 45.3. The standard InChI is InChI=1S/C22H20FN7O.C14H21BN2O2.C14H11BrFN5O.2CH4.B8/c1-12-15(8-24-20(28-12)13-2-3-13)17-10-26-22(30-11-27-29-21(17)30)25-9-16-14-6-7-31-19(14)5-4-18(16)23;1-9-11(8-16-12(17-9)10-6-7-10)15-18-13(2,3)14(4,5)19-15;15-10-6-18-14(21-7-19-20-13(10)21)17-5-9-8-3-4-22-12(8)2-1-11(9)16;;;1-6(2)8(5)7(3)4/h4-5,8,10-11,13H,2-3,6-7,9H2,1H3,(H,25,26);8,10H,6-7H2,1-5H3;1-2,6-7H,3-5H2,(H,17,18);2*1H4;. The average molecular weight is 1160 g/mol. The Morgan fingerprint density at radius 2 is 1.11 bits per heavy atom. The molecule has 2 saturated carbocycles. The van der Waals surface area contributed by atoms with Crippen LogP contribution in [0.5, 0.6) is 11.5 Å². The summed E-state index contributed by atoms with van der Waals surface area (Å²) in [5.74, 6) is 5.06. The number of halogens is 3. The smallest absolute Gasteiger partial charge is 0.493 e. The lowest BCUT2D eigenvalue weighted by atomic mass is 8.68. The summed E-state index contributed by atoms with van der Waals surface area (Å²) in [6.45, 7) is 14.0. The van der Waals surface area contributed by atoms with Gasteiger partial charge in [0.05, 0.1) is 28.9 Å². The molecule has 10 radical (unpaired) electrons. The van der Waals surface area contributed by atoms with Crippen LogP contribution in [0.15, 0.2) is 66.2 Å². The number of anilines is 2. The van der Waals surface area contributed by atoms with E-state index in [1.165, 1.54) is 25.0 Å². The zero-order chi connectivity index (χ0) is 56.6. The molecule has 18 nitrogen and oxygen atoms in total. The van der Waals surface area contributed by atoms with Crippen molar-refractivity contribution >= 4 is 110 Å². The molecular weight excluding hydrogens is 1100 g/mol. The highest BCUT2D eigenvalue weighted by Gasteiger charge is 2.52. The van der Waals surface area contributed by atoms with E-state index in [0.29, 0.717) is 72.3 Å². The number of rotatable bonds is 12. The molecule has 3 aliphatic heterocycles. The van der Waals surface area contributed by atoms with Crippen molar-refractivity contribution in [2.75, 3.05) is 23.8 Å². The summed E-state index contributed by atoms with van der Waals surface area (Å²) in [7, 11) is 25.4. The first kappa shape index (κ1) is 61.8. The van der Waals surface area contributed by atoms with Crippen LogP contribution in [-0.2, 0) is 35.2 Å². The normalized spacial score (nSPS) is 15.8. The third-order valence-corrected chi connectivity index (χ3v) is 15.5. The van der Waals surface area contributed by atoms with Gasteiger partial charge in [-0.3, -0.25) is 8.80 Å². The van der Waals surface area contributed by atoms with Gasteiger partial charge in [0.1, 0.15) is 47.4 Å². The fraction of sp³-hybridized carbons (Fsp3) is 0.423. The van der Waals surface area contributed by atoms with Crippen molar-refractivity contribution in [2.24, 2.45) is 0 Å². The third-order valence-electron chi connectivity index (χ3n) is 15.0. The fourth-order valence-corrected chi connectivity index (χ4v) is 9.56. The average Bonchev–Trinajstić information content (AvgIpc) is 4.34. The molecule has 0 atom stereocenters. The highest BCUT2D eigenvalue weighted by atomic mass is 79.9. The van der Waals surface area contributed by atoms with Crippen LogP contribution in [0.2, 0.25) is 0 Å². The Labute approximate surface area is 494 Å². The molecule has 82 heavy (non-hydrogen) atoms. The number of hydrogen-bond acceptors (Lipinski definition) is 16. The molecule has 6 aromatic heterocycles. The molecule has 0 amide bonds. The maximum Gasteiger partial charge on any atom is 0.498 e. The molecule has 9 heterocycles. The lowest BCUT2D eigenvalue weighted by Gasteiger charge is -2.32. The summed E-state index contributed by atoms with van der Waals surface area (Å²) in [5, 5.41) is 22.6. The van der Waals surface area contributed by atoms with Crippen LogP contribution in [0.4, 0.5) is 20.7 Å². The second-order valence-corrected chi connectivity index (χ2v) is 22.1. The summed E-state index contributed by atoms with van der Waals surface area (Å²) < 4.78 is 55.9. The second kappa shape index (κ2) is 25.7. The minimum Gasteiger partial charge on any atom is -0.493 e. The van der Waals surface area contributed by atoms with Crippen molar-refractivity contribution in [3.63, 3.8) is 0 Å². The van der Waals surface area contributed by atoms with Gasteiger partial charge in [0.15, 0.2) is 11.3 Å². The monoisotopic (exact) mass is 1160 g/mol. The van der Waals surface area contributed by atoms with Crippen molar-refractivity contribution < 1.29 is 27.6 Å². The van der Waals surface area contributed by atoms with E-state index >= 15 is 0 Å². The molecule has 410 valence electrons. The number of fused-ring (bicyclic) bond motifs is 4. The lowest BCUT2D eigenvalue weighted by Crippen LogP contribution is -2.52. The van der Waals surface area contributed by atoms with Crippen LogP contribution in [0.25, 0.3) is 22.4 Å².